The van der Waals surface area contributed by atoms with Crippen LogP contribution < -0.4 is 5.32 Å². The van der Waals surface area contributed by atoms with E-state index in [9.17, 15) is 15.2 Å². The number of nitrogens with one attached hydrogen (secondary N) is 1. The average Bonchev–Trinajstić information content (AvgIpc) is 2.38. The molecule has 0 fully saturated rings. The van der Waals surface area contributed by atoms with Crippen molar-refractivity contribution < 1.29 is 10.0 Å². The molecule has 104 valence electrons. The first-order valence-corrected chi connectivity index (χ1v) is 6.53. The molecule has 0 atom stereocenters. The van der Waals surface area contributed by atoms with E-state index in [2.05, 4.69) is 10.3 Å². The molecule has 19 heavy (non-hydrogen) atoms. The summed E-state index contributed by atoms with van der Waals surface area (Å²) in [5.41, 5.74) is 0.534. The number of rotatable bonds is 3. The highest BCUT2D eigenvalue weighted by molar-refractivity contribution is 8.93. The lowest BCUT2D eigenvalue weighted by Crippen LogP contribution is -2.26. The van der Waals surface area contributed by atoms with Gasteiger partial charge in [0.05, 0.1) is 4.92 Å². The lowest BCUT2D eigenvalue weighted by molar-refractivity contribution is -0.384. The van der Waals surface area contributed by atoms with Crippen LogP contribution in [0.4, 0.5) is 5.69 Å². The van der Waals surface area contributed by atoms with Crippen molar-refractivity contribution in [2.24, 2.45) is 4.99 Å². The summed E-state index contributed by atoms with van der Waals surface area (Å²) in [7, 11) is 0. The lowest BCUT2D eigenvalue weighted by atomic mass is 10.2. The summed E-state index contributed by atoms with van der Waals surface area (Å²) in [6.07, 6.45) is 1.02. The van der Waals surface area contributed by atoms with E-state index in [0.29, 0.717) is 11.3 Å². The summed E-state index contributed by atoms with van der Waals surface area (Å²) in [6, 6.07) is 4.04. The number of non-ortho nitro benzene ring substituents is 1. The topological polar surface area (TPSA) is 87.8 Å². The summed E-state index contributed by atoms with van der Waals surface area (Å²) >= 11 is 1.44. The van der Waals surface area contributed by atoms with Crippen LogP contribution in [-0.2, 0) is 5.75 Å². The van der Waals surface area contributed by atoms with Crippen molar-refractivity contribution in [2.75, 3.05) is 13.1 Å². The van der Waals surface area contributed by atoms with E-state index >= 15 is 0 Å². The van der Waals surface area contributed by atoms with Crippen molar-refractivity contribution in [2.45, 2.75) is 12.2 Å². The normalized spacial score (nSPS) is 14.0. The van der Waals surface area contributed by atoms with Gasteiger partial charge >= 0.3 is 0 Å². The van der Waals surface area contributed by atoms with Gasteiger partial charge in [0, 0.05) is 36.5 Å². The van der Waals surface area contributed by atoms with E-state index in [-0.39, 0.29) is 28.4 Å². The summed E-state index contributed by atoms with van der Waals surface area (Å²) in [5, 5.41) is 24.3. The lowest BCUT2D eigenvalue weighted by Gasteiger charge is -2.13. The number of aliphatic imine (C=N–C) groups is 1. The van der Waals surface area contributed by atoms with Crippen molar-refractivity contribution in [3.63, 3.8) is 0 Å². The molecule has 0 aliphatic carbocycles. The van der Waals surface area contributed by atoms with Crippen LogP contribution >= 0.6 is 28.7 Å². The highest BCUT2D eigenvalue weighted by Crippen LogP contribution is 2.27. The maximum Gasteiger partial charge on any atom is 0.270 e. The molecule has 2 N–H and O–H groups in total. The Hall–Kier alpha value is -1.28. The molecule has 0 saturated heterocycles. The number of phenols is 1. The van der Waals surface area contributed by atoms with Gasteiger partial charge in [-0.1, -0.05) is 11.8 Å². The second-order valence-corrected chi connectivity index (χ2v) is 4.79. The molecule has 0 saturated carbocycles. The van der Waals surface area contributed by atoms with Crippen molar-refractivity contribution in [1.82, 2.24) is 5.32 Å². The van der Waals surface area contributed by atoms with Crippen LogP contribution in [0, 0.1) is 10.1 Å². The number of thioether (sulfide) groups is 1. The maximum absolute atomic E-state index is 10.7. The van der Waals surface area contributed by atoms with Gasteiger partial charge in [-0.15, -0.1) is 17.0 Å². The number of hydrogen-bond donors (Lipinski definition) is 2. The third kappa shape index (κ3) is 4.39. The Morgan fingerprint density at radius 2 is 2.32 bits per heavy atom. The van der Waals surface area contributed by atoms with Crippen LogP contribution in [0.2, 0.25) is 0 Å². The summed E-state index contributed by atoms with van der Waals surface area (Å²) < 4.78 is 0. The molecule has 0 radical (unpaired) electrons. The van der Waals surface area contributed by atoms with Crippen LogP contribution in [0.5, 0.6) is 5.75 Å². The van der Waals surface area contributed by atoms with Crippen LogP contribution in [0.15, 0.2) is 23.2 Å². The van der Waals surface area contributed by atoms with E-state index in [4.69, 9.17) is 0 Å². The molecular weight excluding hydrogens is 334 g/mol. The van der Waals surface area contributed by atoms with Crippen molar-refractivity contribution in [1.29, 1.82) is 0 Å². The van der Waals surface area contributed by atoms with Crippen LogP contribution in [-0.4, -0.2) is 28.3 Å². The monoisotopic (exact) mass is 347 g/mol. The van der Waals surface area contributed by atoms with Gasteiger partial charge in [0.2, 0.25) is 0 Å². The quantitative estimate of drug-likeness (QED) is 0.647. The summed E-state index contributed by atoms with van der Waals surface area (Å²) in [5.74, 6) is 0.531. The Morgan fingerprint density at radius 3 is 2.95 bits per heavy atom. The average molecular weight is 348 g/mol. The molecule has 0 unspecified atom stereocenters. The Morgan fingerprint density at radius 1 is 1.53 bits per heavy atom. The number of phenolic OH excluding ortho intramolecular Hbond substituents is 1. The fourth-order valence-electron chi connectivity index (χ4n) is 1.55. The number of nitrogens with zero attached hydrogens (tertiary/aromatic N) is 2. The predicted molar refractivity (Wildman–Crippen MR) is 81.3 cm³/mol. The highest BCUT2D eigenvalue weighted by atomic mass is 79.9. The first kappa shape index (κ1) is 15.8. The molecule has 1 aliphatic heterocycles. The molecule has 1 aromatic rings. The van der Waals surface area contributed by atoms with Gasteiger partial charge in [-0.2, -0.15) is 0 Å². The Labute approximate surface area is 125 Å². The molecule has 0 aromatic heterocycles. The molecule has 0 bridgehead atoms. The van der Waals surface area contributed by atoms with Gasteiger partial charge in [0.15, 0.2) is 5.17 Å². The van der Waals surface area contributed by atoms with E-state index in [1.165, 1.54) is 30.0 Å². The van der Waals surface area contributed by atoms with Crippen LogP contribution in [0.3, 0.4) is 0 Å². The molecule has 1 aliphatic rings. The summed E-state index contributed by atoms with van der Waals surface area (Å²) in [6.45, 7) is 1.70. The summed E-state index contributed by atoms with van der Waals surface area (Å²) in [4.78, 5) is 14.5. The van der Waals surface area contributed by atoms with Crippen molar-refractivity contribution >= 4 is 39.6 Å². The number of nitro benzene ring substituents is 1. The standard InChI is InChI=1S/C11H13N3O3S.BrH/c15-10-3-2-9(14(16)17)6-8(10)7-18-11-12-4-1-5-13-11;/h2-3,6,15H,1,4-5,7H2,(H,12,13);1H. The Kier molecular flexibility index (Phi) is 6.10. The molecular formula is C11H14BrN3O3S. The SMILES string of the molecule is Br.O=[N+]([O-])c1ccc(O)c(CSC2=NCCCN2)c1. The number of aromatic hydroxyl groups is 1. The number of hydrogen-bond acceptors (Lipinski definition) is 6. The molecule has 1 aromatic carbocycles. The van der Waals surface area contributed by atoms with Crippen LogP contribution in [0.1, 0.15) is 12.0 Å². The third-order valence-electron chi connectivity index (χ3n) is 2.50. The second-order valence-electron chi connectivity index (χ2n) is 3.83. The van der Waals surface area contributed by atoms with Gasteiger partial charge in [0.1, 0.15) is 5.75 Å². The van der Waals surface area contributed by atoms with E-state index in [0.717, 1.165) is 24.7 Å². The predicted octanol–water partition coefficient (Wildman–Crippen LogP) is 2.46. The van der Waals surface area contributed by atoms with Gasteiger partial charge in [-0.05, 0) is 12.5 Å². The molecule has 6 nitrogen and oxygen atoms in total. The second kappa shape index (κ2) is 7.34. The fraction of sp³-hybridized carbons (Fsp3) is 0.364. The maximum atomic E-state index is 10.7. The Balaban J connectivity index is 0.00000180. The minimum atomic E-state index is -0.468. The third-order valence-corrected chi connectivity index (χ3v) is 3.51. The van der Waals surface area contributed by atoms with E-state index < -0.39 is 4.92 Å². The zero-order chi connectivity index (χ0) is 13.0. The van der Waals surface area contributed by atoms with E-state index in [1.807, 2.05) is 0 Å². The molecule has 0 spiro atoms. The minimum absolute atomic E-state index is 0. The molecule has 8 heteroatoms. The number of amidine groups is 1. The van der Waals surface area contributed by atoms with Gasteiger partial charge in [-0.3, -0.25) is 15.1 Å². The first-order chi connectivity index (χ1) is 8.66. The number of nitro groups is 1. The smallest absolute Gasteiger partial charge is 0.270 e. The van der Waals surface area contributed by atoms with Gasteiger partial charge in [-0.25, -0.2) is 0 Å². The zero-order valence-electron chi connectivity index (χ0n) is 10.0. The molecule has 2 rings (SSSR count). The zero-order valence-corrected chi connectivity index (χ0v) is 12.6. The first-order valence-electron chi connectivity index (χ1n) is 5.54. The largest absolute Gasteiger partial charge is 0.508 e. The molecule has 0 amide bonds. The van der Waals surface area contributed by atoms with Crippen LogP contribution in [0.25, 0.3) is 0 Å². The van der Waals surface area contributed by atoms with E-state index in [1.54, 1.807) is 0 Å². The minimum Gasteiger partial charge on any atom is -0.508 e. The van der Waals surface area contributed by atoms with Gasteiger partial charge in [0.25, 0.3) is 5.69 Å². The number of halogens is 1. The highest BCUT2D eigenvalue weighted by Gasteiger charge is 2.12. The van der Waals surface area contributed by atoms with Crippen molar-refractivity contribution in [3.8, 4) is 5.75 Å². The Bertz CT molecular complexity index is 496. The van der Waals surface area contributed by atoms with Gasteiger partial charge < -0.3 is 10.4 Å². The number of benzene rings is 1. The molecule has 1 heterocycles. The fourth-order valence-corrected chi connectivity index (χ4v) is 2.46. The van der Waals surface area contributed by atoms with Crippen molar-refractivity contribution in [3.05, 3.63) is 33.9 Å².